The molecular formula is C11H19N3O. The molecular weight excluding hydrogens is 190 g/mol. The van der Waals surface area contributed by atoms with Crippen LogP contribution in [0.15, 0.2) is 5.10 Å². The Morgan fingerprint density at radius 1 is 1.53 bits per heavy atom. The molecule has 4 nitrogen and oxygen atoms in total. The van der Waals surface area contributed by atoms with E-state index >= 15 is 0 Å². The van der Waals surface area contributed by atoms with Crippen molar-refractivity contribution >= 4 is 11.7 Å². The third-order valence-corrected chi connectivity index (χ3v) is 4.69. The average molecular weight is 209 g/mol. The molecule has 4 heteroatoms. The van der Waals surface area contributed by atoms with Gasteiger partial charge >= 0.3 is 6.03 Å². The van der Waals surface area contributed by atoms with Crippen LogP contribution in [0.4, 0.5) is 4.79 Å². The highest BCUT2D eigenvalue weighted by Crippen LogP contribution is 2.64. The van der Waals surface area contributed by atoms with E-state index in [1.54, 1.807) is 0 Å². The van der Waals surface area contributed by atoms with Crippen molar-refractivity contribution in [3.63, 3.8) is 0 Å². The zero-order valence-corrected chi connectivity index (χ0v) is 9.63. The summed E-state index contributed by atoms with van der Waals surface area (Å²) in [4.78, 5) is 10.6. The predicted octanol–water partition coefficient (Wildman–Crippen LogP) is 1.86. The molecule has 3 N–H and O–H groups in total. The van der Waals surface area contributed by atoms with Crippen molar-refractivity contribution in [2.45, 2.75) is 40.0 Å². The average Bonchev–Trinajstić information content (AvgIpc) is 2.45. The van der Waals surface area contributed by atoms with Crippen molar-refractivity contribution in [3.8, 4) is 0 Å². The first-order valence-electron chi connectivity index (χ1n) is 5.49. The maximum atomic E-state index is 10.6. The van der Waals surface area contributed by atoms with Crippen molar-refractivity contribution in [2.24, 2.45) is 27.6 Å². The molecule has 0 aromatic heterocycles. The molecule has 0 aromatic carbocycles. The zero-order chi connectivity index (χ0) is 11.3. The summed E-state index contributed by atoms with van der Waals surface area (Å²) >= 11 is 0. The number of rotatable bonds is 1. The molecule has 2 aliphatic carbocycles. The molecule has 0 aliphatic heterocycles. The normalized spacial score (nSPS) is 39.7. The van der Waals surface area contributed by atoms with Crippen LogP contribution in [0.1, 0.15) is 40.0 Å². The highest BCUT2D eigenvalue weighted by molar-refractivity contribution is 5.92. The van der Waals surface area contributed by atoms with Crippen LogP contribution in [0, 0.1) is 16.7 Å². The van der Waals surface area contributed by atoms with E-state index in [0.717, 1.165) is 12.1 Å². The smallest absolute Gasteiger partial charge is 0.332 e. The van der Waals surface area contributed by atoms with Gasteiger partial charge in [-0.05, 0) is 30.1 Å². The number of nitrogens with zero attached hydrogens (tertiary/aromatic N) is 1. The van der Waals surface area contributed by atoms with Gasteiger partial charge in [-0.2, -0.15) is 5.10 Å². The fraction of sp³-hybridized carbons (Fsp3) is 0.818. The lowest BCUT2D eigenvalue weighted by Crippen LogP contribution is -2.28. The monoisotopic (exact) mass is 209 g/mol. The van der Waals surface area contributed by atoms with Crippen LogP contribution in [0.2, 0.25) is 0 Å². The molecule has 0 spiro atoms. The van der Waals surface area contributed by atoms with Gasteiger partial charge in [0.2, 0.25) is 0 Å². The number of hydrogen-bond donors (Lipinski definition) is 2. The van der Waals surface area contributed by atoms with Crippen LogP contribution >= 0.6 is 0 Å². The van der Waals surface area contributed by atoms with E-state index in [4.69, 9.17) is 5.73 Å². The van der Waals surface area contributed by atoms with Crippen LogP contribution in [0.5, 0.6) is 0 Å². The summed E-state index contributed by atoms with van der Waals surface area (Å²) in [6, 6.07) is -0.576. The van der Waals surface area contributed by atoms with Crippen LogP contribution in [-0.2, 0) is 0 Å². The van der Waals surface area contributed by atoms with Crippen LogP contribution in [0.3, 0.4) is 0 Å². The SMILES string of the molecule is CC12CCC(C(=NNC(N)=O)C1)C2(C)C. The van der Waals surface area contributed by atoms with Crippen molar-refractivity contribution in [1.82, 2.24) is 5.43 Å². The third-order valence-electron chi connectivity index (χ3n) is 4.69. The number of fused-ring (bicyclic) bond motifs is 2. The third kappa shape index (κ3) is 1.34. The summed E-state index contributed by atoms with van der Waals surface area (Å²) in [6.07, 6.45) is 3.44. The van der Waals surface area contributed by atoms with Gasteiger partial charge in [-0.1, -0.05) is 20.8 Å². The summed E-state index contributed by atoms with van der Waals surface area (Å²) < 4.78 is 0. The number of hydrazone groups is 1. The van der Waals surface area contributed by atoms with Gasteiger partial charge in [-0.3, -0.25) is 0 Å². The topological polar surface area (TPSA) is 67.5 Å². The molecule has 2 rings (SSSR count). The van der Waals surface area contributed by atoms with Gasteiger partial charge in [-0.15, -0.1) is 0 Å². The van der Waals surface area contributed by atoms with Crippen molar-refractivity contribution in [3.05, 3.63) is 0 Å². The van der Waals surface area contributed by atoms with Gasteiger partial charge in [0.05, 0.1) is 0 Å². The lowest BCUT2D eigenvalue weighted by Gasteiger charge is -2.33. The molecule has 0 aromatic rings. The maximum absolute atomic E-state index is 10.6. The van der Waals surface area contributed by atoms with E-state index in [2.05, 4.69) is 31.3 Å². The molecule has 2 saturated carbocycles. The van der Waals surface area contributed by atoms with Gasteiger partial charge in [0.1, 0.15) is 0 Å². The number of primary amides is 1. The molecule has 2 amide bonds. The fourth-order valence-electron chi connectivity index (χ4n) is 3.23. The quantitative estimate of drug-likeness (QED) is 0.636. The zero-order valence-electron chi connectivity index (χ0n) is 9.63. The first kappa shape index (κ1) is 10.5. The minimum Gasteiger partial charge on any atom is -0.350 e. The van der Waals surface area contributed by atoms with Crippen LogP contribution < -0.4 is 11.2 Å². The summed E-state index contributed by atoms with van der Waals surface area (Å²) in [5.74, 6) is 0.509. The van der Waals surface area contributed by atoms with Crippen molar-refractivity contribution < 1.29 is 4.79 Å². The highest BCUT2D eigenvalue weighted by atomic mass is 16.2. The molecule has 2 bridgehead atoms. The lowest BCUT2D eigenvalue weighted by molar-refractivity contribution is 0.152. The predicted molar refractivity (Wildman–Crippen MR) is 59.4 cm³/mol. The van der Waals surface area contributed by atoms with Crippen LogP contribution in [-0.4, -0.2) is 11.7 Å². The van der Waals surface area contributed by atoms with Gasteiger partial charge < -0.3 is 5.73 Å². The number of carbonyl (C=O) groups is 1. The number of nitrogens with two attached hydrogens (primary N) is 1. The second-order valence-corrected chi connectivity index (χ2v) is 5.63. The Labute approximate surface area is 90.3 Å². The molecule has 0 saturated heterocycles. The van der Waals surface area contributed by atoms with Gasteiger partial charge in [0, 0.05) is 11.6 Å². The number of amides is 2. The second kappa shape index (κ2) is 2.97. The summed E-state index contributed by atoms with van der Waals surface area (Å²) in [5, 5.41) is 4.14. The van der Waals surface area contributed by atoms with Gasteiger partial charge in [0.15, 0.2) is 0 Å². The van der Waals surface area contributed by atoms with Crippen LogP contribution in [0.25, 0.3) is 0 Å². The molecule has 2 unspecified atom stereocenters. The fourth-order valence-corrected chi connectivity index (χ4v) is 3.23. The van der Waals surface area contributed by atoms with Crippen molar-refractivity contribution in [2.75, 3.05) is 0 Å². The standard InChI is InChI=1S/C11H19N3O/c1-10(2)7-4-5-11(10,3)6-8(7)13-14-9(12)15/h7H,4-6H2,1-3H3,(H3,12,14,15). The first-order valence-corrected chi connectivity index (χ1v) is 5.49. The number of urea groups is 1. The first-order chi connectivity index (χ1) is 6.87. The van der Waals surface area contributed by atoms with E-state index in [-0.39, 0.29) is 0 Å². The minimum absolute atomic E-state index is 0.297. The van der Waals surface area contributed by atoms with E-state index in [0.29, 0.717) is 16.7 Å². The second-order valence-electron chi connectivity index (χ2n) is 5.63. The Bertz CT molecular complexity index is 332. The van der Waals surface area contributed by atoms with E-state index in [9.17, 15) is 4.79 Å². The number of carbonyl (C=O) groups excluding carboxylic acids is 1. The molecule has 2 aliphatic rings. The largest absolute Gasteiger partial charge is 0.350 e. The van der Waals surface area contributed by atoms with Gasteiger partial charge in [-0.25, -0.2) is 10.2 Å². The molecule has 2 fully saturated rings. The van der Waals surface area contributed by atoms with Gasteiger partial charge in [0.25, 0.3) is 0 Å². The number of hydrogen-bond acceptors (Lipinski definition) is 2. The van der Waals surface area contributed by atoms with E-state index in [1.807, 2.05) is 0 Å². The highest BCUT2D eigenvalue weighted by Gasteiger charge is 2.59. The maximum Gasteiger partial charge on any atom is 0.332 e. The Kier molecular flexibility index (Phi) is 2.07. The lowest BCUT2D eigenvalue weighted by atomic mass is 9.71. The Hall–Kier alpha value is -1.06. The van der Waals surface area contributed by atoms with E-state index in [1.165, 1.54) is 12.8 Å². The Balaban J connectivity index is 2.22. The van der Waals surface area contributed by atoms with Crippen molar-refractivity contribution in [1.29, 1.82) is 0 Å². The Morgan fingerprint density at radius 2 is 2.20 bits per heavy atom. The molecule has 84 valence electrons. The summed E-state index contributed by atoms with van der Waals surface area (Å²) in [5.41, 5.74) is 9.12. The molecule has 0 radical (unpaired) electrons. The summed E-state index contributed by atoms with van der Waals surface area (Å²) in [7, 11) is 0. The molecule has 0 heterocycles. The molecule has 15 heavy (non-hydrogen) atoms. The Morgan fingerprint density at radius 3 is 2.60 bits per heavy atom. The minimum atomic E-state index is -0.576. The number of nitrogens with one attached hydrogen (secondary N) is 1. The van der Waals surface area contributed by atoms with E-state index < -0.39 is 6.03 Å². The molecule has 2 atom stereocenters. The summed E-state index contributed by atoms with van der Waals surface area (Å²) in [6.45, 7) is 6.93.